The van der Waals surface area contributed by atoms with Crippen LogP contribution in [0.25, 0.3) is 0 Å². The smallest absolute Gasteiger partial charge is 0.0928 e. The molecule has 100 valence electrons. The maximum atomic E-state index is 10.1. The summed E-state index contributed by atoms with van der Waals surface area (Å²) in [7, 11) is 0. The number of rotatable bonds is 5. The monoisotopic (exact) mass is 275 g/mol. The van der Waals surface area contributed by atoms with Crippen molar-refractivity contribution < 1.29 is 5.11 Å². The minimum absolute atomic E-state index is 0.484. The van der Waals surface area contributed by atoms with Crippen molar-refractivity contribution in [3.8, 4) is 0 Å². The molecule has 0 bridgehead atoms. The maximum absolute atomic E-state index is 10.1. The van der Waals surface area contributed by atoms with Crippen LogP contribution in [-0.4, -0.2) is 11.7 Å². The van der Waals surface area contributed by atoms with Gasteiger partial charge < -0.3 is 10.4 Å². The number of aryl methyl sites for hydroxylation is 1. The Morgan fingerprint density at radius 2 is 1.95 bits per heavy atom. The molecule has 2 N–H and O–H groups in total. The molecule has 0 aliphatic rings. The molecule has 0 aromatic heterocycles. The SMILES string of the molecule is Cc1cccc(CNCC(O)c2ccccc2Cl)c1. The van der Waals surface area contributed by atoms with E-state index in [0.29, 0.717) is 11.6 Å². The van der Waals surface area contributed by atoms with Gasteiger partial charge in [-0.25, -0.2) is 0 Å². The highest BCUT2D eigenvalue weighted by molar-refractivity contribution is 6.31. The first kappa shape index (κ1) is 14.1. The first-order valence-electron chi connectivity index (χ1n) is 6.35. The zero-order valence-electron chi connectivity index (χ0n) is 10.9. The van der Waals surface area contributed by atoms with Gasteiger partial charge in [-0.05, 0) is 18.6 Å². The Hall–Kier alpha value is -1.35. The number of hydrogen-bond donors (Lipinski definition) is 2. The molecule has 0 aliphatic heterocycles. The Morgan fingerprint density at radius 1 is 1.16 bits per heavy atom. The summed E-state index contributed by atoms with van der Waals surface area (Å²) in [4.78, 5) is 0. The van der Waals surface area contributed by atoms with Crippen LogP contribution in [0.5, 0.6) is 0 Å². The number of aliphatic hydroxyl groups is 1. The van der Waals surface area contributed by atoms with E-state index in [1.807, 2.05) is 24.3 Å². The van der Waals surface area contributed by atoms with Crippen LogP contribution >= 0.6 is 11.6 Å². The summed E-state index contributed by atoms with van der Waals surface area (Å²) in [6.07, 6.45) is -0.585. The molecule has 2 aromatic carbocycles. The van der Waals surface area contributed by atoms with E-state index in [2.05, 4.69) is 30.4 Å². The fourth-order valence-corrected chi connectivity index (χ4v) is 2.29. The van der Waals surface area contributed by atoms with Crippen LogP contribution in [0.4, 0.5) is 0 Å². The average molecular weight is 276 g/mol. The highest BCUT2D eigenvalue weighted by atomic mass is 35.5. The van der Waals surface area contributed by atoms with E-state index in [1.165, 1.54) is 11.1 Å². The number of hydrogen-bond acceptors (Lipinski definition) is 2. The molecule has 0 saturated heterocycles. The number of aliphatic hydroxyl groups excluding tert-OH is 1. The van der Waals surface area contributed by atoms with Crippen molar-refractivity contribution in [2.45, 2.75) is 19.6 Å². The maximum Gasteiger partial charge on any atom is 0.0928 e. The third-order valence-electron chi connectivity index (χ3n) is 3.01. The molecule has 2 nitrogen and oxygen atoms in total. The zero-order valence-corrected chi connectivity index (χ0v) is 11.7. The van der Waals surface area contributed by atoms with E-state index in [-0.39, 0.29) is 0 Å². The van der Waals surface area contributed by atoms with Crippen LogP contribution in [0.2, 0.25) is 5.02 Å². The lowest BCUT2D eigenvalue weighted by molar-refractivity contribution is 0.174. The lowest BCUT2D eigenvalue weighted by atomic mass is 10.1. The second kappa shape index (κ2) is 6.71. The van der Waals surface area contributed by atoms with Crippen molar-refractivity contribution >= 4 is 11.6 Å². The van der Waals surface area contributed by atoms with Crippen LogP contribution in [0, 0.1) is 6.92 Å². The molecule has 0 fully saturated rings. The minimum Gasteiger partial charge on any atom is -0.387 e. The molecular formula is C16H18ClNO. The first-order valence-corrected chi connectivity index (χ1v) is 6.73. The molecule has 2 rings (SSSR count). The van der Waals surface area contributed by atoms with Crippen LogP contribution in [-0.2, 0) is 6.54 Å². The molecule has 1 atom stereocenters. The summed E-state index contributed by atoms with van der Waals surface area (Å²) < 4.78 is 0. The van der Waals surface area contributed by atoms with Crippen molar-refractivity contribution in [2.75, 3.05) is 6.54 Å². The predicted octanol–water partition coefficient (Wildman–Crippen LogP) is 3.47. The van der Waals surface area contributed by atoms with Crippen LogP contribution < -0.4 is 5.32 Å². The van der Waals surface area contributed by atoms with E-state index in [4.69, 9.17) is 11.6 Å². The van der Waals surface area contributed by atoms with Gasteiger partial charge in [-0.1, -0.05) is 59.6 Å². The van der Waals surface area contributed by atoms with Crippen molar-refractivity contribution in [1.29, 1.82) is 0 Å². The lowest BCUT2D eigenvalue weighted by Gasteiger charge is -2.13. The number of halogens is 1. The van der Waals surface area contributed by atoms with Crippen LogP contribution in [0.1, 0.15) is 22.8 Å². The number of benzene rings is 2. The second-order valence-electron chi connectivity index (χ2n) is 4.66. The van der Waals surface area contributed by atoms with E-state index < -0.39 is 6.10 Å². The first-order chi connectivity index (χ1) is 9.16. The fourth-order valence-electron chi connectivity index (χ4n) is 2.03. The van der Waals surface area contributed by atoms with Gasteiger partial charge in [-0.3, -0.25) is 0 Å². The Balaban J connectivity index is 1.88. The molecule has 3 heteroatoms. The standard InChI is InChI=1S/C16H18ClNO/c1-12-5-4-6-13(9-12)10-18-11-16(19)14-7-2-3-8-15(14)17/h2-9,16,18-19H,10-11H2,1H3. The quantitative estimate of drug-likeness (QED) is 0.876. The topological polar surface area (TPSA) is 32.3 Å². The van der Waals surface area contributed by atoms with Gasteiger partial charge in [-0.15, -0.1) is 0 Å². The van der Waals surface area contributed by atoms with Crippen LogP contribution in [0.3, 0.4) is 0 Å². The van der Waals surface area contributed by atoms with Crippen LogP contribution in [0.15, 0.2) is 48.5 Å². The average Bonchev–Trinajstić information content (AvgIpc) is 2.39. The van der Waals surface area contributed by atoms with E-state index in [9.17, 15) is 5.11 Å². The highest BCUT2D eigenvalue weighted by Gasteiger charge is 2.10. The molecule has 0 spiro atoms. The summed E-state index contributed by atoms with van der Waals surface area (Å²) in [6.45, 7) is 3.29. The van der Waals surface area contributed by atoms with Crippen molar-refractivity contribution in [3.05, 3.63) is 70.2 Å². The van der Waals surface area contributed by atoms with E-state index in [0.717, 1.165) is 12.1 Å². The Morgan fingerprint density at radius 3 is 2.68 bits per heavy atom. The molecule has 0 aliphatic carbocycles. The number of nitrogens with one attached hydrogen (secondary N) is 1. The second-order valence-corrected chi connectivity index (χ2v) is 5.06. The van der Waals surface area contributed by atoms with Gasteiger partial charge >= 0.3 is 0 Å². The summed E-state index contributed by atoms with van der Waals surface area (Å²) in [6, 6.07) is 15.7. The molecule has 0 amide bonds. The molecule has 19 heavy (non-hydrogen) atoms. The highest BCUT2D eigenvalue weighted by Crippen LogP contribution is 2.21. The molecule has 2 aromatic rings. The largest absolute Gasteiger partial charge is 0.387 e. The van der Waals surface area contributed by atoms with E-state index >= 15 is 0 Å². The van der Waals surface area contributed by atoms with Gasteiger partial charge in [0.1, 0.15) is 0 Å². The van der Waals surface area contributed by atoms with Gasteiger partial charge in [-0.2, -0.15) is 0 Å². The van der Waals surface area contributed by atoms with Gasteiger partial charge in [0.2, 0.25) is 0 Å². The summed E-state index contributed by atoms with van der Waals surface area (Å²) >= 11 is 6.05. The van der Waals surface area contributed by atoms with Crippen molar-refractivity contribution in [1.82, 2.24) is 5.32 Å². The normalized spacial score (nSPS) is 12.4. The Bertz CT molecular complexity index is 542. The van der Waals surface area contributed by atoms with E-state index in [1.54, 1.807) is 6.07 Å². The van der Waals surface area contributed by atoms with Gasteiger partial charge in [0.25, 0.3) is 0 Å². The molecule has 0 radical (unpaired) electrons. The van der Waals surface area contributed by atoms with Crippen molar-refractivity contribution in [3.63, 3.8) is 0 Å². The lowest BCUT2D eigenvalue weighted by Crippen LogP contribution is -2.21. The third kappa shape index (κ3) is 4.06. The summed E-state index contributed by atoms with van der Waals surface area (Å²) in [5, 5.41) is 13.9. The molecule has 1 unspecified atom stereocenters. The zero-order chi connectivity index (χ0) is 13.7. The Labute approximate surface area is 119 Å². The minimum atomic E-state index is -0.585. The predicted molar refractivity (Wildman–Crippen MR) is 79.3 cm³/mol. The Kier molecular flexibility index (Phi) is 4.97. The summed E-state index contributed by atoms with van der Waals surface area (Å²) in [5.41, 5.74) is 3.22. The fraction of sp³-hybridized carbons (Fsp3) is 0.250. The van der Waals surface area contributed by atoms with Crippen molar-refractivity contribution in [2.24, 2.45) is 0 Å². The summed E-state index contributed by atoms with van der Waals surface area (Å²) in [5.74, 6) is 0. The molecular weight excluding hydrogens is 258 g/mol. The third-order valence-corrected chi connectivity index (χ3v) is 3.36. The molecule has 0 saturated carbocycles. The van der Waals surface area contributed by atoms with Gasteiger partial charge in [0.15, 0.2) is 0 Å². The van der Waals surface area contributed by atoms with Gasteiger partial charge in [0, 0.05) is 23.7 Å². The molecule has 0 heterocycles. The van der Waals surface area contributed by atoms with Gasteiger partial charge in [0.05, 0.1) is 6.10 Å².